The lowest BCUT2D eigenvalue weighted by atomic mass is 9.98. The first-order chi connectivity index (χ1) is 71.0. The van der Waals surface area contributed by atoms with Gasteiger partial charge in [0.15, 0.2) is 0 Å². The molecule has 734 valence electrons. The lowest BCUT2D eigenvalue weighted by Gasteiger charge is -2.35. The van der Waals surface area contributed by atoms with E-state index in [1.54, 1.807) is 49.8 Å². The highest BCUT2D eigenvalue weighted by Gasteiger charge is 2.32. The summed E-state index contributed by atoms with van der Waals surface area (Å²) in [6.07, 6.45) is 0. The van der Waals surface area contributed by atoms with E-state index in [9.17, 15) is 0 Å². The molecule has 17 heteroatoms. The third-order valence-corrected chi connectivity index (χ3v) is 27.1. The highest BCUT2D eigenvalue weighted by atomic mass is 16.5. The highest BCUT2D eigenvalue weighted by molar-refractivity contribution is 5.95. The Balaban J connectivity index is 0.643. The number of ether oxygens (including phenoxy) is 9. The predicted molar refractivity (Wildman–Crippen MR) is 604 cm³/mol. The largest absolute Gasteiger partial charge is 0.497 e. The fraction of sp³-hybridized carbons (Fsp3) is 0.163. The van der Waals surface area contributed by atoms with E-state index < -0.39 is 0 Å². The number of methoxy groups -OCH3 is 7. The Morgan fingerprint density at radius 2 is 0.240 bits per heavy atom. The molecule has 0 fully saturated rings. The summed E-state index contributed by atoms with van der Waals surface area (Å²) in [4.78, 5) is 18.9. The van der Waals surface area contributed by atoms with Crippen molar-refractivity contribution in [2.75, 3.05) is 102 Å². The number of hydrogen-bond donors (Lipinski definition) is 0. The molecule has 17 nitrogen and oxygen atoms in total. The molecule has 18 aromatic rings. The molecule has 0 atom stereocenters. The lowest BCUT2D eigenvalue weighted by Crippen LogP contribution is -2.18. The second-order valence-corrected chi connectivity index (χ2v) is 36.8. The molecule has 18 rings (SSSR count). The van der Waals surface area contributed by atoms with Crippen molar-refractivity contribution in [3.63, 3.8) is 0 Å². The van der Waals surface area contributed by atoms with Crippen LogP contribution in [0, 0.1) is 83.1 Å². The van der Waals surface area contributed by atoms with Gasteiger partial charge in [0.2, 0.25) is 0 Å². The number of aryl methyl sites for hydroxylation is 12. The first-order valence-electron chi connectivity index (χ1n) is 49.2. The molecule has 0 aliphatic carbocycles. The maximum Gasteiger partial charge on any atom is 0.122 e. The number of benzene rings is 18. The zero-order valence-electron chi connectivity index (χ0n) is 86.5. The maximum atomic E-state index is 6.58. The monoisotopic (exact) mass is 1930 g/mol. The summed E-state index contributed by atoms with van der Waals surface area (Å²) in [5.74, 6) is 6.87. The van der Waals surface area contributed by atoms with Gasteiger partial charge in [0.25, 0.3) is 0 Å². The zero-order chi connectivity index (χ0) is 102. The maximum absolute atomic E-state index is 6.58. The molecule has 0 radical (unpaired) electrons. The number of nitrogens with zero attached hydrogens (tertiary/aromatic N) is 8. The molecule has 0 aliphatic heterocycles. The van der Waals surface area contributed by atoms with Crippen LogP contribution in [0.3, 0.4) is 0 Å². The van der Waals surface area contributed by atoms with Gasteiger partial charge in [-0.25, -0.2) is 0 Å². The molecule has 0 unspecified atom stereocenters. The first kappa shape index (κ1) is 98.7. The number of rotatable bonds is 36. The normalized spacial score (nSPS) is 11.0. The molecule has 0 aromatic heterocycles. The minimum atomic E-state index is 0.298. The average Bonchev–Trinajstić information content (AvgIpc) is 0.746. The van der Waals surface area contributed by atoms with Crippen LogP contribution in [0.2, 0.25) is 0 Å². The van der Waals surface area contributed by atoms with Crippen LogP contribution in [-0.4, -0.2) is 63.0 Å². The Kier molecular flexibility index (Phi) is 29.7. The topological polar surface area (TPSA) is 109 Å². The van der Waals surface area contributed by atoms with Crippen LogP contribution in [0.25, 0.3) is 0 Å². The van der Waals surface area contributed by atoms with Crippen molar-refractivity contribution in [1.29, 1.82) is 0 Å². The minimum absolute atomic E-state index is 0.298. The molecular formula is C129H124N8O9. The summed E-state index contributed by atoms with van der Waals surface area (Å²) >= 11 is 0. The molecule has 0 saturated heterocycles. The van der Waals surface area contributed by atoms with Crippen molar-refractivity contribution in [2.45, 2.75) is 83.1 Å². The van der Waals surface area contributed by atoms with Crippen LogP contribution < -0.4 is 81.8 Å². The number of para-hydroxylation sites is 3. The second-order valence-electron chi connectivity index (χ2n) is 36.8. The van der Waals surface area contributed by atoms with Gasteiger partial charge in [0, 0.05) is 136 Å². The Morgan fingerprint density at radius 3 is 0.363 bits per heavy atom. The van der Waals surface area contributed by atoms with Gasteiger partial charge in [-0.3, -0.25) is 0 Å². The molecule has 0 saturated carbocycles. The van der Waals surface area contributed by atoms with Crippen LogP contribution >= 0.6 is 0 Å². The third kappa shape index (κ3) is 20.8. The van der Waals surface area contributed by atoms with E-state index in [1.165, 1.54) is 0 Å². The Labute approximate surface area is 859 Å². The molecule has 0 spiro atoms. The molecule has 0 N–H and O–H groups in total. The smallest absolute Gasteiger partial charge is 0.122 e. The van der Waals surface area contributed by atoms with E-state index in [1.807, 2.05) is 97.1 Å². The fourth-order valence-electron chi connectivity index (χ4n) is 19.5. The van der Waals surface area contributed by atoms with E-state index in [2.05, 4.69) is 407 Å². The summed E-state index contributed by atoms with van der Waals surface area (Å²) in [7, 11) is 11.9. The van der Waals surface area contributed by atoms with Crippen molar-refractivity contribution >= 4 is 136 Å². The van der Waals surface area contributed by atoms with Gasteiger partial charge in [-0.15, -0.1) is 0 Å². The van der Waals surface area contributed by atoms with Crippen molar-refractivity contribution in [3.05, 3.63) is 449 Å². The van der Waals surface area contributed by atoms with Crippen molar-refractivity contribution in [1.82, 2.24) is 0 Å². The van der Waals surface area contributed by atoms with Gasteiger partial charge in [-0.1, -0.05) is 54.6 Å². The SMILES string of the molecule is COc1ccc(N(c2ccccc2)c2cc(C)c(N(c3cc(C)c(N(c4ccccc4)c4ccc(OC)cc4)cc3C)c3cc(C)c(N(c4ccccc4)c4ccc(OCCOc5ccc(N(c6ccc(OC)cc6)c6cc(C)c(N(c7cc(C)c(N(c8ccc(OC)cc8)c8ccc(OC)cc8)cc7C)c7cc(C)c(N(c8ccc(OC)cc8)c8ccc(OC)cc8)cc7C)cc6C)cc5)cc4)cc3C)cc2C)cc1. The molecular weight excluding hydrogens is 1810 g/mol. The summed E-state index contributed by atoms with van der Waals surface area (Å²) in [6, 6.07) is 134. The number of hydrogen-bond acceptors (Lipinski definition) is 17. The highest BCUT2D eigenvalue weighted by Crippen LogP contribution is 2.54. The molecule has 0 bridgehead atoms. The van der Waals surface area contributed by atoms with Gasteiger partial charge in [-0.05, 0) is 477 Å². The van der Waals surface area contributed by atoms with Crippen molar-refractivity contribution in [3.8, 4) is 51.7 Å². The third-order valence-electron chi connectivity index (χ3n) is 27.1. The van der Waals surface area contributed by atoms with E-state index >= 15 is 0 Å². The molecule has 0 heterocycles. The first-order valence-corrected chi connectivity index (χ1v) is 49.2. The zero-order valence-corrected chi connectivity index (χ0v) is 86.5. The van der Waals surface area contributed by atoms with Crippen LogP contribution in [0.15, 0.2) is 382 Å². The van der Waals surface area contributed by atoms with Gasteiger partial charge >= 0.3 is 0 Å². The number of anilines is 24. The van der Waals surface area contributed by atoms with E-state index in [4.69, 9.17) is 42.6 Å². The quantitative estimate of drug-likeness (QED) is 0.0347. The minimum Gasteiger partial charge on any atom is -0.497 e. The predicted octanol–water partition coefficient (Wildman–Crippen LogP) is 34.7. The molecule has 146 heavy (non-hydrogen) atoms. The van der Waals surface area contributed by atoms with Crippen LogP contribution in [-0.2, 0) is 0 Å². The van der Waals surface area contributed by atoms with Gasteiger partial charge in [0.05, 0.1) is 49.8 Å². The van der Waals surface area contributed by atoms with Crippen LogP contribution in [0.1, 0.15) is 66.8 Å². The van der Waals surface area contributed by atoms with Gasteiger partial charge in [-0.2, -0.15) is 0 Å². The van der Waals surface area contributed by atoms with Crippen LogP contribution in [0.5, 0.6) is 51.7 Å². The summed E-state index contributed by atoms with van der Waals surface area (Å²) in [5, 5.41) is 0. The Morgan fingerprint density at radius 1 is 0.130 bits per heavy atom. The standard InChI is InChI=1S/C129H124N8O9/c1-85-79-124(91(7)73-118(85)130(97-29-23-20-24-30-97)100-35-53-109(138-13)54-36-100)136(125-80-86(2)119(74-92(125)8)131(98-31-25-21-26-32-98)101-37-55-110(139-14)56-38-101)126-81-87(3)120(75-93(126)9)132(99-33-27-22-28-34-99)107-49-67-116(68-50-107)145-71-72-146-117-69-51-108(52-70-117)135(106-47-65-115(144-19)66-48-106)123-78-96(12)129(84-90(123)6)137(127-82-88(4)121(76-94(127)10)133(102-39-57-111(140-15)58-40-102)103-41-59-112(141-16)60-42-103)128-83-89(5)122(77-95(128)11)134(104-43-61-113(142-17)62-44-104)105-45-63-114(143-18)64-46-105/h20-70,73-84H,71-72H2,1-19H3. The van der Waals surface area contributed by atoms with E-state index in [-0.39, 0.29) is 0 Å². The van der Waals surface area contributed by atoms with E-state index in [0.717, 1.165) is 249 Å². The summed E-state index contributed by atoms with van der Waals surface area (Å²) < 4.78 is 53.0. The second kappa shape index (κ2) is 44.0. The van der Waals surface area contributed by atoms with Crippen molar-refractivity contribution < 1.29 is 42.6 Å². The van der Waals surface area contributed by atoms with Gasteiger partial charge < -0.3 is 81.8 Å². The fourth-order valence-corrected chi connectivity index (χ4v) is 19.5. The Hall–Kier alpha value is -17.4. The molecule has 18 aromatic carbocycles. The summed E-state index contributed by atoms with van der Waals surface area (Å²) in [5.41, 5.74) is 37.3. The van der Waals surface area contributed by atoms with Crippen LogP contribution in [0.4, 0.5) is 136 Å². The van der Waals surface area contributed by atoms with Crippen molar-refractivity contribution in [2.24, 2.45) is 0 Å². The van der Waals surface area contributed by atoms with E-state index in [0.29, 0.717) is 19.0 Å². The average molecular weight is 1930 g/mol. The molecule has 0 aliphatic rings. The Bertz CT molecular complexity index is 7200. The van der Waals surface area contributed by atoms with Gasteiger partial charge in [0.1, 0.15) is 65.0 Å². The lowest BCUT2D eigenvalue weighted by molar-refractivity contribution is 0.217. The molecule has 0 amide bonds. The summed E-state index contributed by atoms with van der Waals surface area (Å²) in [6.45, 7) is 27.2.